The Bertz CT molecular complexity index is 1110. The van der Waals surface area contributed by atoms with Crippen LogP contribution in [0.25, 0.3) is 22.0 Å². The van der Waals surface area contributed by atoms with E-state index in [4.69, 9.17) is 15.0 Å². The third-order valence-corrected chi connectivity index (χ3v) is 3.73. The van der Waals surface area contributed by atoms with Crippen LogP contribution in [0.5, 0.6) is 0 Å². The summed E-state index contributed by atoms with van der Waals surface area (Å²) in [5.41, 5.74) is 2.53. The first kappa shape index (κ1) is 22.5. The highest BCUT2D eigenvalue weighted by atomic mass is 19.4. The Morgan fingerprint density at radius 2 is 1.63 bits per heavy atom. The molecule has 0 fully saturated rings. The van der Waals surface area contributed by atoms with Crippen molar-refractivity contribution in [2.24, 2.45) is 0 Å². The molecule has 0 saturated carbocycles. The van der Waals surface area contributed by atoms with Gasteiger partial charge >= 0.3 is 18.1 Å². The van der Waals surface area contributed by atoms with Crippen LogP contribution in [0.1, 0.15) is 23.2 Å². The van der Waals surface area contributed by atoms with Gasteiger partial charge in [-0.1, -0.05) is 6.07 Å². The van der Waals surface area contributed by atoms with Crippen LogP contribution in [0.15, 0.2) is 30.6 Å². The van der Waals surface area contributed by atoms with Gasteiger partial charge in [-0.15, -0.1) is 0 Å². The number of ketones is 1. The summed E-state index contributed by atoms with van der Waals surface area (Å²) in [6, 6.07) is 5.40. The van der Waals surface area contributed by atoms with Crippen LogP contribution in [-0.4, -0.2) is 53.9 Å². The van der Waals surface area contributed by atoms with E-state index in [1.807, 2.05) is 12.1 Å². The highest BCUT2D eigenvalue weighted by Crippen LogP contribution is 2.26. The molecule has 3 aromatic rings. The number of benzene rings is 1. The number of halogens is 3. The van der Waals surface area contributed by atoms with Gasteiger partial charge in [0.25, 0.3) is 0 Å². The molecule has 9 nitrogen and oxygen atoms in total. The first-order valence-corrected chi connectivity index (χ1v) is 8.22. The molecule has 158 valence electrons. The van der Waals surface area contributed by atoms with Crippen molar-refractivity contribution >= 4 is 28.6 Å². The maximum absolute atomic E-state index is 11.8. The highest BCUT2D eigenvalue weighted by molar-refractivity contribution is 6.06. The molecule has 2 heterocycles. The fourth-order valence-electron chi connectivity index (χ4n) is 2.41. The van der Waals surface area contributed by atoms with Gasteiger partial charge in [0.15, 0.2) is 5.78 Å². The zero-order chi connectivity index (χ0) is 22.6. The molecule has 0 unspecified atom stereocenters. The number of carbonyl (C=O) groups excluding carboxylic acids is 1. The van der Waals surface area contributed by atoms with Crippen LogP contribution in [0.3, 0.4) is 0 Å². The minimum atomic E-state index is -5.08. The zero-order valence-corrected chi connectivity index (χ0v) is 15.6. The van der Waals surface area contributed by atoms with E-state index in [1.165, 1.54) is 11.6 Å². The molecule has 2 N–H and O–H groups in total. The average Bonchev–Trinajstić information content (AvgIpc) is 2.99. The predicted octanol–water partition coefficient (Wildman–Crippen LogP) is 2.72. The van der Waals surface area contributed by atoms with Gasteiger partial charge in [-0.2, -0.15) is 18.3 Å². The van der Waals surface area contributed by atoms with Gasteiger partial charge in [-0.05, 0) is 24.6 Å². The highest BCUT2D eigenvalue weighted by Gasteiger charge is 2.38. The Hall–Kier alpha value is -3.83. The van der Waals surface area contributed by atoms with Crippen LogP contribution in [0.2, 0.25) is 0 Å². The van der Waals surface area contributed by atoms with E-state index in [2.05, 4.69) is 15.1 Å². The van der Waals surface area contributed by atoms with E-state index in [0.717, 1.165) is 11.1 Å². The van der Waals surface area contributed by atoms with Crippen LogP contribution in [-0.2, 0) is 16.1 Å². The number of aliphatic carboxylic acids is 2. The van der Waals surface area contributed by atoms with Gasteiger partial charge in [0.1, 0.15) is 18.1 Å². The number of carbonyl (C=O) groups is 3. The molecule has 1 aromatic carbocycles. The maximum Gasteiger partial charge on any atom is 0.490 e. The number of carboxylic acids is 2. The van der Waals surface area contributed by atoms with E-state index in [0.29, 0.717) is 16.7 Å². The third kappa shape index (κ3) is 5.37. The van der Waals surface area contributed by atoms with Crippen molar-refractivity contribution in [2.75, 3.05) is 0 Å². The number of nitrogens with zero attached hydrogens (tertiary/aromatic N) is 4. The molecule has 0 aliphatic carbocycles. The third-order valence-electron chi connectivity index (χ3n) is 3.73. The van der Waals surface area contributed by atoms with E-state index in [1.54, 1.807) is 25.4 Å². The normalized spacial score (nSPS) is 11.0. The number of carboxylic acid groups (broad SMARTS) is 2. The van der Waals surface area contributed by atoms with E-state index < -0.39 is 18.1 Å². The van der Waals surface area contributed by atoms with Gasteiger partial charge in [-0.3, -0.25) is 14.3 Å². The summed E-state index contributed by atoms with van der Waals surface area (Å²) in [5, 5.41) is 20.9. The molecule has 0 radical (unpaired) electrons. The number of hydrogen-bond donors (Lipinski definition) is 2. The molecule has 0 spiro atoms. The molecule has 0 atom stereocenters. The largest absolute Gasteiger partial charge is 0.490 e. The van der Waals surface area contributed by atoms with Gasteiger partial charge in [0.2, 0.25) is 0 Å². The lowest BCUT2D eigenvalue weighted by molar-refractivity contribution is -0.192. The Balaban J connectivity index is 0.000000396. The number of aryl methyl sites for hydroxylation is 1. The lowest BCUT2D eigenvalue weighted by Gasteiger charge is -2.03. The first-order chi connectivity index (χ1) is 13.9. The van der Waals surface area contributed by atoms with Gasteiger partial charge in [0, 0.05) is 30.3 Å². The topological polar surface area (TPSA) is 135 Å². The summed E-state index contributed by atoms with van der Waals surface area (Å²) in [5.74, 6) is -3.31. The zero-order valence-electron chi connectivity index (χ0n) is 15.6. The molecule has 30 heavy (non-hydrogen) atoms. The summed E-state index contributed by atoms with van der Waals surface area (Å²) in [6.07, 6.45) is -1.67. The van der Waals surface area contributed by atoms with Crippen LogP contribution in [0.4, 0.5) is 13.2 Å². The van der Waals surface area contributed by atoms with Crippen LogP contribution < -0.4 is 0 Å². The Kier molecular flexibility index (Phi) is 6.49. The Morgan fingerprint density at radius 3 is 2.10 bits per heavy atom. The van der Waals surface area contributed by atoms with Gasteiger partial charge < -0.3 is 10.2 Å². The number of fused-ring (bicyclic) bond motifs is 1. The minimum Gasteiger partial charge on any atom is -0.480 e. The van der Waals surface area contributed by atoms with Crippen molar-refractivity contribution in [3.8, 4) is 11.1 Å². The lowest BCUT2D eigenvalue weighted by atomic mass is 10.0. The molecule has 12 heteroatoms. The van der Waals surface area contributed by atoms with Crippen molar-refractivity contribution in [1.29, 1.82) is 0 Å². The molecule has 0 bridgehead atoms. The quantitative estimate of drug-likeness (QED) is 0.611. The Labute approximate surface area is 166 Å². The monoisotopic (exact) mass is 424 g/mol. The number of aromatic nitrogens is 4. The smallest absolute Gasteiger partial charge is 0.480 e. The van der Waals surface area contributed by atoms with Gasteiger partial charge in [-0.25, -0.2) is 14.8 Å². The second-order valence-electron chi connectivity index (χ2n) is 6.01. The number of alkyl halides is 3. The molecular weight excluding hydrogens is 409 g/mol. The molecule has 0 amide bonds. The fraction of sp³-hybridized carbons (Fsp3) is 0.222. The van der Waals surface area contributed by atoms with Crippen molar-refractivity contribution < 1.29 is 37.8 Å². The summed E-state index contributed by atoms with van der Waals surface area (Å²) in [4.78, 5) is 40.0. The second kappa shape index (κ2) is 8.68. The number of hydrogen-bond acceptors (Lipinski definition) is 6. The van der Waals surface area contributed by atoms with E-state index in [-0.39, 0.29) is 18.0 Å². The van der Waals surface area contributed by atoms with Crippen molar-refractivity contribution in [2.45, 2.75) is 26.6 Å². The molecule has 0 aliphatic heterocycles. The van der Waals surface area contributed by atoms with Gasteiger partial charge in [0.05, 0.1) is 5.52 Å². The molecule has 3 rings (SSSR count). The maximum atomic E-state index is 11.8. The lowest BCUT2D eigenvalue weighted by Crippen LogP contribution is -2.21. The second-order valence-corrected chi connectivity index (χ2v) is 6.01. The fourth-order valence-corrected chi connectivity index (χ4v) is 2.41. The van der Waals surface area contributed by atoms with E-state index >= 15 is 0 Å². The predicted molar refractivity (Wildman–Crippen MR) is 96.8 cm³/mol. The van der Waals surface area contributed by atoms with Crippen molar-refractivity contribution in [3.05, 3.63) is 42.1 Å². The molecular formula is C18H15F3N4O5. The summed E-state index contributed by atoms with van der Waals surface area (Å²) in [7, 11) is 0. The van der Waals surface area contributed by atoms with E-state index in [9.17, 15) is 22.8 Å². The van der Waals surface area contributed by atoms with Crippen molar-refractivity contribution in [3.63, 3.8) is 0 Å². The number of Topliss-reactive ketones (excluding diaryl/α,β-unsaturated/α-hetero) is 1. The summed E-state index contributed by atoms with van der Waals surface area (Å²) < 4.78 is 33.1. The number of rotatable bonds is 4. The van der Waals surface area contributed by atoms with Crippen LogP contribution >= 0.6 is 0 Å². The average molecular weight is 424 g/mol. The Morgan fingerprint density at radius 1 is 1.07 bits per heavy atom. The minimum absolute atomic E-state index is 0.212. The summed E-state index contributed by atoms with van der Waals surface area (Å²) >= 11 is 0. The SMILES string of the molecule is CC(=O)c1nn(CC(=O)O)c2ccc(-c3cnc(C)nc3)cc12.O=C(O)C(F)(F)F. The van der Waals surface area contributed by atoms with Crippen molar-refractivity contribution in [1.82, 2.24) is 19.7 Å². The first-order valence-electron chi connectivity index (χ1n) is 8.22. The molecule has 0 saturated heterocycles. The standard InChI is InChI=1S/C16H14N4O3.C2HF3O2/c1-9(21)16-13-5-11(12-6-17-10(2)18-7-12)3-4-14(13)20(19-16)8-15(22)23;3-2(4,5)1(6)7/h3-7H,8H2,1-2H3,(H,22,23);(H,6,7). The summed E-state index contributed by atoms with van der Waals surface area (Å²) in [6.45, 7) is 2.92. The van der Waals surface area contributed by atoms with Crippen LogP contribution in [0, 0.1) is 6.92 Å². The molecule has 0 aliphatic rings. The molecule has 2 aromatic heterocycles.